The lowest BCUT2D eigenvalue weighted by Crippen LogP contribution is -2.48. The molecule has 13 heteroatoms. The van der Waals surface area contributed by atoms with Gasteiger partial charge in [0.05, 0.1) is 18.4 Å². The summed E-state index contributed by atoms with van der Waals surface area (Å²) < 4.78 is 42.9. The number of rotatable bonds is 10. The normalized spacial score (nSPS) is 14.2. The summed E-state index contributed by atoms with van der Waals surface area (Å²) in [5.74, 6) is -1.35. The van der Waals surface area contributed by atoms with Gasteiger partial charge in [0, 0.05) is 37.4 Å². The van der Waals surface area contributed by atoms with Crippen LogP contribution in [0.1, 0.15) is 44.5 Å². The van der Waals surface area contributed by atoms with Crippen LogP contribution in [0.5, 0.6) is 17.4 Å². The smallest absolute Gasteiger partial charge is 0.356 e. The number of carbonyl (C=O) groups is 2. The number of hydrogen-bond donors (Lipinski definition) is 2. The van der Waals surface area contributed by atoms with Gasteiger partial charge in [-0.1, -0.05) is 36.8 Å². The molecule has 4 aromatic rings. The first-order valence-corrected chi connectivity index (χ1v) is 16.3. The Bertz CT molecular complexity index is 1900. The number of benzene rings is 3. The summed E-state index contributed by atoms with van der Waals surface area (Å²) in [6.07, 6.45) is 0. The first-order valence-electron chi connectivity index (χ1n) is 14.8. The third-order valence-corrected chi connectivity index (χ3v) is 9.93. The standard InChI is InChI=1S/C33H37N5O7S/c1-6-36-15-17-37(18-16-36)46(42,43)29-20-24(34-31(39)25-9-7-8-10-27(25)44-5)12-14-28(29)45-32-23(4)30(33(40)41)35-38(32)26-13-11-21(2)19-22(26)3/h7-14,19-20H,6,15-18H2,1-5H3,(H,34,39)(H,40,41). The number of ether oxygens (including phenoxy) is 2. The lowest BCUT2D eigenvalue weighted by Gasteiger charge is -2.33. The van der Waals surface area contributed by atoms with E-state index in [4.69, 9.17) is 9.47 Å². The number of para-hydroxylation sites is 1. The van der Waals surface area contributed by atoms with Crippen molar-refractivity contribution in [3.63, 3.8) is 0 Å². The Labute approximate surface area is 268 Å². The highest BCUT2D eigenvalue weighted by Gasteiger charge is 2.33. The molecule has 2 heterocycles. The van der Waals surface area contributed by atoms with Crippen molar-refractivity contribution in [3.8, 4) is 23.1 Å². The SMILES string of the molecule is CCN1CCN(S(=O)(=O)c2cc(NC(=O)c3ccccc3OC)ccc2Oc2c(C)c(C(=O)O)nn2-c2ccc(C)cc2C)CC1. The van der Waals surface area contributed by atoms with Crippen molar-refractivity contribution in [1.29, 1.82) is 0 Å². The van der Waals surface area contributed by atoms with Crippen LogP contribution in [0, 0.1) is 20.8 Å². The topological polar surface area (TPSA) is 143 Å². The monoisotopic (exact) mass is 647 g/mol. The number of methoxy groups -OCH3 is 1. The second-order valence-corrected chi connectivity index (χ2v) is 12.9. The Kier molecular flexibility index (Phi) is 9.47. The van der Waals surface area contributed by atoms with Crippen molar-refractivity contribution < 1.29 is 32.6 Å². The maximum Gasteiger partial charge on any atom is 0.356 e. The van der Waals surface area contributed by atoms with E-state index in [2.05, 4.69) is 15.3 Å². The largest absolute Gasteiger partial charge is 0.496 e. The Morgan fingerprint density at radius 1 is 0.957 bits per heavy atom. The van der Waals surface area contributed by atoms with E-state index < -0.39 is 21.9 Å². The van der Waals surface area contributed by atoms with Crippen molar-refractivity contribution in [2.45, 2.75) is 32.6 Å². The maximum atomic E-state index is 14.2. The molecule has 46 heavy (non-hydrogen) atoms. The Balaban J connectivity index is 1.61. The summed E-state index contributed by atoms with van der Waals surface area (Å²) in [5, 5.41) is 17.0. The highest BCUT2D eigenvalue weighted by atomic mass is 32.2. The molecule has 1 aromatic heterocycles. The highest BCUT2D eigenvalue weighted by molar-refractivity contribution is 7.89. The molecule has 0 spiro atoms. The first kappa shape index (κ1) is 32.7. The van der Waals surface area contributed by atoms with Crippen molar-refractivity contribution in [2.24, 2.45) is 0 Å². The maximum absolute atomic E-state index is 14.2. The van der Waals surface area contributed by atoms with E-state index in [-0.39, 0.29) is 52.1 Å². The van der Waals surface area contributed by atoms with E-state index in [1.807, 2.05) is 32.9 Å². The van der Waals surface area contributed by atoms with Gasteiger partial charge in [0.1, 0.15) is 16.4 Å². The number of sulfonamides is 1. The molecule has 2 N–H and O–H groups in total. The average Bonchev–Trinajstić information content (AvgIpc) is 3.36. The summed E-state index contributed by atoms with van der Waals surface area (Å²) in [4.78, 5) is 27.3. The second kappa shape index (κ2) is 13.3. The van der Waals surface area contributed by atoms with Gasteiger partial charge < -0.3 is 24.8 Å². The molecule has 3 aromatic carbocycles. The summed E-state index contributed by atoms with van der Waals surface area (Å²) in [6.45, 7) is 9.88. The van der Waals surface area contributed by atoms with E-state index in [1.165, 1.54) is 34.3 Å². The van der Waals surface area contributed by atoms with Crippen molar-refractivity contribution in [1.82, 2.24) is 19.0 Å². The van der Waals surface area contributed by atoms with E-state index in [9.17, 15) is 23.1 Å². The molecular formula is C33H37N5O7S. The number of aromatic nitrogens is 2. The molecule has 0 atom stereocenters. The number of carbonyl (C=O) groups excluding carboxylic acids is 1. The molecular weight excluding hydrogens is 610 g/mol. The Morgan fingerprint density at radius 2 is 1.67 bits per heavy atom. The van der Waals surface area contributed by atoms with Crippen LogP contribution in [0.2, 0.25) is 0 Å². The number of nitrogens with one attached hydrogen (secondary N) is 1. The van der Waals surface area contributed by atoms with Gasteiger partial charge in [0.15, 0.2) is 5.69 Å². The fraction of sp³-hybridized carbons (Fsp3) is 0.303. The van der Waals surface area contributed by atoms with Crippen LogP contribution in [0.25, 0.3) is 5.69 Å². The quantitative estimate of drug-likeness (QED) is 0.246. The third kappa shape index (κ3) is 6.48. The van der Waals surface area contributed by atoms with E-state index in [0.717, 1.165) is 17.7 Å². The molecule has 242 valence electrons. The van der Waals surface area contributed by atoms with Crippen molar-refractivity contribution in [3.05, 3.63) is 88.6 Å². The molecule has 1 amide bonds. The first-order chi connectivity index (χ1) is 21.9. The number of anilines is 1. The van der Waals surface area contributed by atoms with Gasteiger partial charge in [-0.3, -0.25) is 4.79 Å². The van der Waals surface area contributed by atoms with Crippen LogP contribution in [0.4, 0.5) is 5.69 Å². The van der Waals surface area contributed by atoms with Gasteiger partial charge in [-0.15, -0.1) is 0 Å². The number of piperazine rings is 1. The number of carboxylic acid groups (broad SMARTS) is 1. The number of carboxylic acids is 1. The predicted octanol–water partition coefficient (Wildman–Crippen LogP) is 4.88. The lowest BCUT2D eigenvalue weighted by atomic mass is 10.1. The predicted molar refractivity (Wildman–Crippen MR) is 173 cm³/mol. The highest BCUT2D eigenvalue weighted by Crippen LogP contribution is 2.37. The molecule has 5 rings (SSSR count). The molecule has 0 bridgehead atoms. The molecule has 1 saturated heterocycles. The van der Waals surface area contributed by atoms with Crippen LogP contribution >= 0.6 is 0 Å². The van der Waals surface area contributed by atoms with E-state index >= 15 is 0 Å². The number of hydrogen-bond acceptors (Lipinski definition) is 8. The molecule has 0 saturated carbocycles. The van der Waals surface area contributed by atoms with Gasteiger partial charge in [-0.05, 0) is 69.3 Å². The molecule has 12 nitrogen and oxygen atoms in total. The molecule has 0 radical (unpaired) electrons. The van der Waals surface area contributed by atoms with Crippen LogP contribution < -0.4 is 14.8 Å². The van der Waals surface area contributed by atoms with Crippen molar-refractivity contribution >= 4 is 27.6 Å². The fourth-order valence-electron chi connectivity index (χ4n) is 5.44. The van der Waals surface area contributed by atoms with Gasteiger partial charge in [0.25, 0.3) is 5.91 Å². The minimum absolute atomic E-state index is 0.0424. The Morgan fingerprint density at radius 3 is 2.33 bits per heavy atom. The lowest BCUT2D eigenvalue weighted by molar-refractivity contribution is 0.0689. The minimum atomic E-state index is -4.13. The molecule has 1 aliphatic heterocycles. The Hall–Kier alpha value is -4.72. The van der Waals surface area contributed by atoms with Gasteiger partial charge in [0.2, 0.25) is 15.9 Å². The minimum Gasteiger partial charge on any atom is -0.496 e. The van der Waals surface area contributed by atoms with E-state index in [1.54, 1.807) is 37.3 Å². The number of aryl methyl sites for hydroxylation is 2. The van der Waals surface area contributed by atoms with Gasteiger partial charge in [-0.25, -0.2) is 13.2 Å². The number of nitrogens with zero attached hydrogens (tertiary/aromatic N) is 4. The molecule has 0 unspecified atom stereocenters. The van der Waals surface area contributed by atoms with Crippen LogP contribution in [-0.2, 0) is 10.0 Å². The van der Waals surface area contributed by atoms with Gasteiger partial charge in [-0.2, -0.15) is 14.1 Å². The zero-order valence-corrected chi connectivity index (χ0v) is 27.2. The summed E-state index contributed by atoms with van der Waals surface area (Å²) in [5.41, 5.74) is 2.90. The zero-order valence-electron chi connectivity index (χ0n) is 26.4. The summed E-state index contributed by atoms with van der Waals surface area (Å²) >= 11 is 0. The third-order valence-electron chi connectivity index (χ3n) is 8.01. The van der Waals surface area contributed by atoms with Crippen LogP contribution in [0.3, 0.4) is 0 Å². The van der Waals surface area contributed by atoms with Crippen molar-refractivity contribution in [2.75, 3.05) is 45.2 Å². The number of amides is 1. The summed E-state index contributed by atoms with van der Waals surface area (Å²) in [7, 11) is -2.67. The summed E-state index contributed by atoms with van der Waals surface area (Å²) in [6, 6.07) is 16.6. The molecule has 0 aliphatic carbocycles. The fourth-order valence-corrected chi connectivity index (χ4v) is 7.00. The average molecular weight is 648 g/mol. The van der Waals surface area contributed by atoms with Gasteiger partial charge >= 0.3 is 5.97 Å². The van der Waals surface area contributed by atoms with E-state index in [0.29, 0.717) is 24.5 Å². The zero-order chi connectivity index (χ0) is 33.2. The van der Waals surface area contributed by atoms with Crippen LogP contribution in [0.15, 0.2) is 65.6 Å². The van der Waals surface area contributed by atoms with Crippen LogP contribution in [-0.4, -0.2) is 84.2 Å². The number of likely N-dealkylation sites (N-methyl/N-ethyl adjacent to an activating group) is 1. The molecule has 1 aliphatic rings. The molecule has 1 fully saturated rings. The number of aromatic carboxylic acids is 1. The second-order valence-electron chi connectivity index (χ2n) is 11.0.